The number of nitriles is 1. The Morgan fingerprint density at radius 1 is 1.14 bits per heavy atom. The van der Waals surface area contributed by atoms with Gasteiger partial charge in [0.15, 0.2) is 0 Å². The molecule has 0 heterocycles. The number of benzene rings is 3. The van der Waals surface area contributed by atoms with Crippen LogP contribution in [-0.4, -0.2) is 12.5 Å². The first kappa shape index (κ1) is 19.7. The Bertz CT molecular complexity index is 1130. The molecule has 0 bridgehead atoms. The van der Waals surface area contributed by atoms with Crippen LogP contribution in [0.2, 0.25) is 0 Å². The summed E-state index contributed by atoms with van der Waals surface area (Å²) in [4.78, 5) is 12.7. The van der Waals surface area contributed by atoms with E-state index in [9.17, 15) is 10.1 Å². The molecular formula is C25H20N2O2. The number of fused-ring (bicyclic) bond motifs is 1. The summed E-state index contributed by atoms with van der Waals surface area (Å²) in [5.74, 6) is 2.52. The Kier molecular flexibility index (Phi) is 6.30. The maximum Gasteiger partial charge on any atom is 0.262 e. The fraction of sp³-hybridized carbons (Fsp3) is 0.120. The third kappa shape index (κ3) is 4.64. The standard InChI is InChI=1S/C25H20N2O2/c1-3-15-29-24-14-13-20-11-7-8-12-22(20)23(24)16-21(17-26)25(28)27-18(2)19-9-5-4-6-10-19/h1,4-14,16,18H,15H2,2H3,(H,27,28)/b21-16+/t18-/m1/s1. The van der Waals surface area contributed by atoms with Crippen LogP contribution in [0.5, 0.6) is 5.75 Å². The van der Waals surface area contributed by atoms with Crippen molar-refractivity contribution in [2.75, 3.05) is 6.61 Å². The Labute approximate surface area is 170 Å². The molecule has 3 aromatic rings. The number of carbonyl (C=O) groups is 1. The van der Waals surface area contributed by atoms with Crippen molar-refractivity contribution >= 4 is 22.8 Å². The van der Waals surface area contributed by atoms with Crippen LogP contribution in [-0.2, 0) is 4.79 Å². The lowest BCUT2D eigenvalue weighted by Gasteiger charge is -2.14. The number of amides is 1. The van der Waals surface area contributed by atoms with Gasteiger partial charge >= 0.3 is 0 Å². The van der Waals surface area contributed by atoms with Crippen molar-refractivity contribution in [1.29, 1.82) is 5.26 Å². The quantitative estimate of drug-likeness (QED) is 0.385. The number of nitrogens with one attached hydrogen (secondary N) is 1. The van der Waals surface area contributed by atoms with Crippen molar-refractivity contribution in [2.45, 2.75) is 13.0 Å². The third-order valence-electron chi connectivity index (χ3n) is 4.54. The number of nitrogens with zero attached hydrogens (tertiary/aromatic N) is 1. The molecule has 0 saturated heterocycles. The first-order valence-corrected chi connectivity index (χ1v) is 9.19. The molecule has 0 fully saturated rings. The van der Waals surface area contributed by atoms with E-state index in [2.05, 4.69) is 11.2 Å². The Hall–Kier alpha value is -4.02. The maximum absolute atomic E-state index is 12.7. The van der Waals surface area contributed by atoms with Crippen LogP contribution in [0.15, 0.2) is 72.3 Å². The normalized spacial score (nSPS) is 11.9. The topological polar surface area (TPSA) is 62.1 Å². The first-order chi connectivity index (χ1) is 14.1. The lowest BCUT2D eigenvalue weighted by molar-refractivity contribution is -0.117. The van der Waals surface area contributed by atoms with Gasteiger partial charge in [0.05, 0.1) is 6.04 Å². The molecule has 0 aliphatic carbocycles. The average molecular weight is 380 g/mol. The minimum absolute atomic E-state index is 0.00491. The summed E-state index contributed by atoms with van der Waals surface area (Å²) in [5.41, 5.74) is 1.61. The second kappa shape index (κ2) is 9.26. The van der Waals surface area contributed by atoms with Crippen molar-refractivity contribution in [3.63, 3.8) is 0 Å². The predicted molar refractivity (Wildman–Crippen MR) is 115 cm³/mol. The highest BCUT2D eigenvalue weighted by molar-refractivity contribution is 6.05. The van der Waals surface area contributed by atoms with E-state index in [-0.39, 0.29) is 18.2 Å². The second-order valence-corrected chi connectivity index (χ2v) is 6.47. The molecule has 0 unspecified atom stereocenters. The predicted octanol–water partition coefficient (Wildman–Crippen LogP) is 4.64. The van der Waals surface area contributed by atoms with Gasteiger partial charge in [-0.05, 0) is 35.4 Å². The van der Waals surface area contributed by atoms with Crippen LogP contribution in [0.25, 0.3) is 16.8 Å². The molecule has 0 spiro atoms. The zero-order chi connectivity index (χ0) is 20.6. The van der Waals surface area contributed by atoms with Crippen LogP contribution in [0, 0.1) is 23.7 Å². The van der Waals surface area contributed by atoms with Crippen LogP contribution < -0.4 is 10.1 Å². The fourth-order valence-electron chi connectivity index (χ4n) is 3.06. The molecule has 0 aromatic heterocycles. The van der Waals surface area contributed by atoms with E-state index in [0.29, 0.717) is 11.3 Å². The molecule has 1 amide bonds. The van der Waals surface area contributed by atoms with E-state index in [0.717, 1.165) is 16.3 Å². The number of rotatable bonds is 6. The summed E-state index contributed by atoms with van der Waals surface area (Å²) in [6.07, 6.45) is 6.87. The van der Waals surface area contributed by atoms with Crippen LogP contribution in [0.1, 0.15) is 24.1 Å². The highest BCUT2D eigenvalue weighted by Gasteiger charge is 2.16. The molecule has 0 aliphatic heterocycles. The molecule has 0 aliphatic rings. The molecule has 4 nitrogen and oxygen atoms in total. The monoisotopic (exact) mass is 380 g/mol. The molecule has 29 heavy (non-hydrogen) atoms. The van der Waals surface area contributed by atoms with E-state index in [1.54, 1.807) is 12.1 Å². The summed E-state index contributed by atoms with van der Waals surface area (Å²) in [6, 6.07) is 22.8. The van der Waals surface area contributed by atoms with Gasteiger partial charge in [0.1, 0.15) is 24.0 Å². The van der Waals surface area contributed by atoms with E-state index in [1.807, 2.05) is 73.7 Å². The summed E-state index contributed by atoms with van der Waals surface area (Å²) in [6.45, 7) is 1.97. The van der Waals surface area contributed by atoms with Crippen molar-refractivity contribution in [2.24, 2.45) is 0 Å². The van der Waals surface area contributed by atoms with Gasteiger partial charge < -0.3 is 10.1 Å². The van der Waals surface area contributed by atoms with E-state index < -0.39 is 5.91 Å². The summed E-state index contributed by atoms with van der Waals surface area (Å²) < 4.78 is 5.65. The lowest BCUT2D eigenvalue weighted by atomic mass is 10.0. The fourth-order valence-corrected chi connectivity index (χ4v) is 3.06. The van der Waals surface area contributed by atoms with Gasteiger partial charge in [-0.15, -0.1) is 6.42 Å². The van der Waals surface area contributed by atoms with E-state index in [4.69, 9.17) is 11.2 Å². The molecule has 142 valence electrons. The van der Waals surface area contributed by atoms with Gasteiger partial charge in [0, 0.05) is 5.56 Å². The van der Waals surface area contributed by atoms with Crippen molar-refractivity contribution < 1.29 is 9.53 Å². The largest absolute Gasteiger partial charge is 0.480 e. The number of hydrogen-bond donors (Lipinski definition) is 1. The zero-order valence-corrected chi connectivity index (χ0v) is 16.1. The SMILES string of the molecule is C#CCOc1ccc2ccccc2c1/C=C(\C#N)C(=O)N[C@H](C)c1ccccc1. The van der Waals surface area contributed by atoms with Crippen molar-refractivity contribution in [3.8, 4) is 24.2 Å². The zero-order valence-electron chi connectivity index (χ0n) is 16.1. The number of hydrogen-bond acceptors (Lipinski definition) is 3. The molecule has 1 atom stereocenters. The minimum atomic E-state index is -0.445. The van der Waals surface area contributed by atoms with Gasteiger partial charge in [0.2, 0.25) is 0 Å². The average Bonchev–Trinajstić information content (AvgIpc) is 2.76. The molecule has 0 radical (unpaired) electrons. The highest BCUT2D eigenvalue weighted by Crippen LogP contribution is 2.30. The maximum atomic E-state index is 12.7. The van der Waals surface area contributed by atoms with Crippen molar-refractivity contribution in [3.05, 3.63) is 83.4 Å². The van der Waals surface area contributed by atoms with Gasteiger partial charge in [0.25, 0.3) is 5.91 Å². The molecule has 0 saturated carbocycles. The van der Waals surface area contributed by atoms with Gasteiger partial charge in [-0.2, -0.15) is 5.26 Å². The Morgan fingerprint density at radius 2 is 1.86 bits per heavy atom. The summed E-state index contributed by atoms with van der Waals surface area (Å²) in [5, 5.41) is 14.4. The minimum Gasteiger partial charge on any atom is -0.480 e. The smallest absolute Gasteiger partial charge is 0.262 e. The van der Waals surface area contributed by atoms with Crippen LogP contribution >= 0.6 is 0 Å². The summed E-state index contributed by atoms with van der Waals surface area (Å²) >= 11 is 0. The summed E-state index contributed by atoms with van der Waals surface area (Å²) in [7, 11) is 0. The van der Waals surface area contributed by atoms with E-state index >= 15 is 0 Å². The van der Waals surface area contributed by atoms with Gasteiger partial charge in [-0.3, -0.25) is 4.79 Å². The molecule has 3 rings (SSSR count). The second-order valence-electron chi connectivity index (χ2n) is 6.47. The number of ether oxygens (including phenoxy) is 1. The Morgan fingerprint density at radius 3 is 2.59 bits per heavy atom. The lowest BCUT2D eigenvalue weighted by Crippen LogP contribution is -2.27. The molecule has 3 aromatic carbocycles. The van der Waals surface area contributed by atoms with Crippen LogP contribution in [0.4, 0.5) is 0 Å². The van der Waals surface area contributed by atoms with E-state index in [1.165, 1.54) is 0 Å². The van der Waals surface area contributed by atoms with Crippen molar-refractivity contribution in [1.82, 2.24) is 5.32 Å². The molecule has 1 N–H and O–H groups in total. The first-order valence-electron chi connectivity index (χ1n) is 9.19. The number of terminal acetylenes is 1. The molecular weight excluding hydrogens is 360 g/mol. The Balaban J connectivity index is 1.98. The van der Waals surface area contributed by atoms with Crippen LogP contribution in [0.3, 0.4) is 0 Å². The van der Waals surface area contributed by atoms with Gasteiger partial charge in [-0.25, -0.2) is 0 Å². The van der Waals surface area contributed by atoms with Gasteiger partial charge in [-0.1, -0.05) is 66.6 Å². The third-order valence-corrected chi connectivity index (χ3v) is 4.54. The highest BCUT2D eigenvalue weighted by atomic mass is 16.5. The number of carbonyl (C=O) groups excluding carboxylic acids is 1. The molecule has 4 heteroatoms.